The normalized spacial score (nSPS) is 11.1. The Bertz CT molecular complexity index is 864. The standard InChI is InChI=1S/C22H16N2O2/c25-21(7-1-17-9-13-23-14-10-17)19-3-5-20(6-4-19)22(26)8-2-18-11-15-24-16-12-18/h1-16H/b7-1+,8-2+. The van der Waals surface area contributed by atoms with Gasteiger partial charge < -0.3 is 0 Å². The van der Waals surface area contributed by atoms with Crippen LogP contribution in [0.5, 0.6) is 0 Å². The van der Waals surface area contributed by atoms with Crippen molar-refractivity contribution in [3.63, 3.8) is 0 Å². The lowest BCUT2D eigenvalue weighted by Gasteiger charge is -1.99. The largest absolute Gasteiger partial charge is 0.289 e. The van der Waals surface area contributed by atoms with Gasteiger partial charge in [-0.1, -0.05) is 36.4 Å². The third-order valence-electron chi connectivity index (χ3n) is 3.72. The summed E-state index contributed by atoms with van der Waals surface area (Å²) in [6, 6.07) is 13.9. The first kappa shape index (κ1) is 17.2. The Morgan fingerprint density at radius 1 is 0.577 bits per heavy atom. The summed E-state index contributed by atoms with van der Waals surface area (Å²) in [5, 5.41) is 0. The minimum atomic E-state index is -0.117. The second-order valence-electron chi connectivity index (χ2n) is 5.53. The number of carbonyl (C=O) groups excluding carboxylic acids is 2. The molecule has 2 aromatic heterocycles. The third-order valence-corrected chi connectivity index (χ3v) is 3.72. The van der Waals surface area contributed by atoms with E-state index in [-0.39, 0.29) is 11.6 Å². The predicted molar refractivity (Wildman–Crippen MR) is 102 cm³/mol. The number of pyridine rings is 2. The highest BCUT2D eigenvalue weighted by Gasteiger charge is 2.05. The molecule has 0 aliphatic rings. The van der Waals surface area contributed by atoms with Crippen molar-refractivity contribution in [3.05, 3.63) is 108 Å². The number of aromatic nitrogens is 2. The Labute approximate surface area is 151 Å². The van der Waals surface area contributed by atoms with Crippen molar-refractivity contribution in [2.75, 3.05) is 0 Å². The number of hydrogen-bond acceptors (Lipinski definition) is 4. The molecule has 0 atom stereocenters. The van der Waals surface area contributed by atoms with Crippen molar-refractivity contribution in [2.45, 2.75) is 0 Å². The fourth-order valence-electron chi connectivity index (χ4n) is 2.28. The number of allylic oxidation sites excluding steroid dienone is 2. The van der Waals surface area contributed by atoms with Crippen molar-refractivity contribution >= 4 is 23.7 Å². The number of ketones is 2. The van der Waals surface area contributed by atoms with Crippen LogP contribution in [-0.4, -0.2) is 21.5 Å². The van der Waals surface area contributed by atoms with Crippen LogP contribution < -0.4 is 0 Å². The predicted octanol–water partition coefficient (Wildman–Crippen LogP) is 4.27. The topological polar surface area (TPSA) is 59.9 Å². The molecule has 0 amide bonds. The average Bonchev–Trinajstić information content (AvgIpc) is 2.72. The van der Waals surface area contributed by atoms with Crippen LogP contribution >= 0.6 is 0 Å². The number of hydrogen-bond donors (Lipinski definition) is 0. The highest BCUT2D eigenvalue weighted by molar-refractivity contribution is 6.09. The summed E-state index contributed by atoms with van der Waals surface area (Å²) in [7, 11) is 0. The summed E-state index contributed by atoms with van der Waals surface area (Å²) in [6.07, 6.45) is 13.2. The van der Waals surface area contributed by atoms with Gasteiger partial charge in [0, 0.05) is 35.9 Å². The molecule has 0 aliphatic heterocycles. The smallest absolute Gasteiger partial charge is 0.185 e. The van der Waals surface area contributed by atoms with Crippen LogP contribution in [-0.2, 0) is 0 Å². The number of benzene rings is 1. The van der Waals surface area contributed by atoms with E-state index in [1.807, 2.05) is 24.3 Å². The fourth-order valence-corrected chi connectivity index (χ4v) is 2.28. The SMILES string of the molecule is O=C(/C=C/c1ccncc1)c1ccc(C(=O)/C=C/c2ccncc2)cc1. The van der Waals surface area contributed by atoms with Gasteiger partial charge in [0.2, 0.25) is 0 Å². The van der Waals surface area contributed by atoms with Crippen molar-refractivity contribution in [2.24, 2.45) is 0 Å². The summed E-state index contributed by atoms with van der Waals surface area (Å²) >= 11 is 0. The molecule has 26 heavy (non-hydrogen) atoms. The Kier molecular flexibility index (Phi) is 5.58. The van der Waals surface area contributed by atoms with Crippen molar-refractivity contribution in [1.82, 2.24) is 9.97 Å². The van der Waals surface area contributed by atoms with Crippen LogP contribution in [0.1, 0.15) is 31.8 Å². The molecule has 0 N–H and O–H groups in total. The van der Waals surface area contributed by atoms with Gasteiger partial charge >= 0.3 is 0 Å². The van der Waals surface area contributed by atoms with Gasteiger partial charge in [0.15, 0.2) is 11.6 Å². The van der Waals surface area contributed by atoms with E-state index in [9.17, 15) is 9.59 Å². The molecule has 0 fully saturated rings. The van der Waals surface area contributed by atoms with Gasteiger partial charge in [0.05, 0.1) is 0 Å². The van der Waals surface area contributed by atoms with Crippen LogP contribution in [0, 0.1) is 0 Å². The fraction of sp³-hybridized carbons (Fsp3) is 0. The van der Waals surface area contributed by atoms with Gasteiger partial charge in [-0.15, -0.1) is 0 Å². The molecule has 0 aliphatic carbocycles. The molecular weight excluding hydrogens is 324 g/mol. The van der Waals surface area contributed by atoms with E-state index in [0.29, 0.717) is 11.1 Å². The molecule has 3 rings (SSSR count). The number of rotatable bonds is 6. The summed E-state index contributed by atoms with van der Waals surface area (Å²) in [6.45, 7) is 0. The highest BCUT2D eigenvalue weighted by Crippen LogP contribution is 2.10. The van der Waals surface area contributed by atoms with Gasteiger partial charge in [-0.2, -0.15) is 0 Å². The van der Waals surface area contributed by atoms with Crippen LogP contribution in [0.25, 0.3) is 12.2 Å². The van der Waals surface area contributed by atoms with Gasteiger partial charge in [-0.25, -0.2) is 0 Å². The van der Waals surface area contributed by atoms with Crippen molar-refractivity contribution in [3.8, 4) is 0 Å². The first-order chi connectivity index (χ1) is 12.7. The lowest BCUT2D eigenvalue weighted by atomic mass is 10.0. The molecule has 4 nitrogen and oxygen atoms in total. The Balaban J connectivity index is 1.66. The first-order valence-corrected chi connectivity index (χ1v) is 8.07. The zero-order valence-electron chi connectivity index (χ0n) is 13.9. The zero-order valence-corrected chi connectivity index (χ0v) is 13.9. The molecule has 4 heteroatoms. The maximum Gasteiger partial charge on any atom is 0.185 e. The maximum absolute atomic E-state index is 12.2. The molecule has 126 valence electrons. The van der Waals surface area contributed by atoms with E-state index in [1.54, 1.807) is 61.2 Å². The Morgan fingerprint density at radius 2 is 0.923 bits per heavy atom. The quantitative estimate of drug-likeness (QED) is 0.497. The van der Waals surface area contributed by atoms with Gasteiger partial charge in [0.25, 0.3) is 0 Å². The third kappa shape index (κ3) is 4.68. The minimum absolute atomic E-state index is 0.117. The lowest BCUT2D eigenvalue weighted by Crippen LogP contribution is -1.98. The van der Waals surface area contributed by atoms with E-state index in [0.717, 1.165) is 11.1 Å². The van der Waals surface area contributed by atoms with E-state index < -0.39 is 0 Å². The molecular formula is C22H16N2O2. The summed E-state index contributed by atoms with van der Waals surface area (Å²) < 4.78 is 0. The second kappa shape index (κ2) is 8.44. The van der Waals surface area contributed by atoms with E-state index in [2.05, 4.69) is 9.97 Å². The lowest BCUT2D eigenvalue weighted by molar-refractivity contribution is 0.103. The second-order valence-corrected chi connectivity index (χ2v) is 5.53. The van der Waals surface area contributed by atoms with E-state index in [4.69, 9.17) is 0 Å². The van der Waals surface area contributed by atoms with Crippen molar-refractivity contribution < 1.29 is 9.59 Å². The summed E-state index contributed by atoms with van der Waals surface area (Å²) in [4.78, 5) is 32.3. The molecule has 0 bridgehead atoms. The van der Waals surface area contributed by atoms with E-state index >= 15 is 0 Å². The highest BCUT2D eigenvalue weighted by atomic mass is 16.1. The van der Waals surface area contributed by atoms with Gasteiger partial charge in [0.1, 0.15) is 0 Å². The average molecular weight is 340 g/mol. The molecule has 0 saturated carbocycles. The monoisotopic (exact) mass is 340 g/mol. The molecule has 0 radical (unpaired) electrons. The first-order valence-electron chi connectivity index (χ1n) is 8.07. The summed E-state index contributed by atoms with van der Waals surface area (Å²) in [5.74, 6) is -0.235. The Hall–Kier alpha value is -3.66. The molecule has 1 aromatic carbocycles. The molecule has 0 unspecified atom stereocenters. The maximum atomic E-state index is 12.2. The minimum Gasteiger partial charge on any atom is -0.289 e. The molecule has 3 aromatic rings. The van der Waals surface area contributed by atoms with Crippen molar-refractivity contribution in [1.29, 1.82) is 0 Å². The molecule has 2 heterocycles. The molecule has 0 spiro atoms. The molecule has 0 saturated heterocycles. The van der Waals surface area contributed by atoms with Gasteiger partial charge in [-0.3, -0.25) is 19.6 Å². The van der Waals surface area contributed by atoms with Gasteiger partial charge in [-0.05, 0) is 47.5 Å². The number of carbonyl (C=O) groups is 2. The van der Waals surface area contributed by atoms with Crippen LogP contribution in [0.3, 0.4) is 0 Å². The van der Waals surface area contributed by atoms with E-state index in [1.165, 1.54) is 12.2 Å². The summed E-state index contributed by atoms with van der Waals surface area (Å²) in [5.41, 5.74) is 2.87. The van der Waals surface area contributed by atoms with Crippen LogP contribution in [0.15, 0.2) is 85.5 Å². The number of nitrogens with zero attached hydrogens (tertiary/aromatic N) is 2. The zero-order chi connectivity index (χ0) is 18.2. The van der Waals surface area contributed by atoms with Crippen LogP contribution in [0.4, 0.5) is 0 Å². The Morgan fingerprint density at radius 3 is 1.27 bits per heavy atom. The van der Waals surface area contributed by atoms with Crippen LogP contribution in [0.2, 0.25) is 0 Å².